The second-order valence-corrected chi connectivity index (χ2v) is 5.36. The van der Waals surface area contributed by atoms with Gasteiger partial charge in [0.25, 0.3) is 0 Å². The number of halogens is 1. The van der Waals surface area contributed by atoms with Crippen molar-refractivity contribution < 1.29 is 14.6 Å². The monoisotopic (exact) mass is 312 g/mol. The average molecular weight is 313 g/mol. The molecule has 0 aliphatic carbocycles. The van der Waals surface area contributed by atoms with Crippen molar-refractivity contribution >= 4 is 27.6 Å². The minimum atomic E-state index is -1.15. The number of hydrogen-bond acceptors (Lipinski definition) is 4. The molecule has 5 heteroatoms. The fourth-order valence-electron chi connectivity index (χ4n) is 2.10. The van der Waals surface area contributed by atoms with E-state index in [1.165, 1.54) is 0 Å². The Hall–Kier alpha value is -1.07. The number of carboxylic acids is 1. The first-order valence-corrected chi connectivity index (χ1v) is 6.73. The zero-order valence-electron chi connectivity index (χ0n) is 10.2. The smallest absolute Gasteiger partial charge is 0.0719 e. The van der Waals surface area contributed by atoms with Gasteiger partial charge in [0.2, 0.25) is 0 Å². The van der Waals surface area contributed by atoms with Crippen LogP contribution in [0.5, 0.6) is 0 Å². The van der Waals surface area contributed by atoms with Gasteiger partial charge in [0, 0.05) is 35.0 Å². The van der Waals surface area contributed by atoms with Crippen molar-refractivity contribution in [2.45, 2.75) is 25.8 Å². The molecule has 0 saturated carbocycles. The third kappa shape index (κ3) is 3.03. The largest absolute Gasteiger partial charge is 0.545 e. The first kappa shape index (κ1) is 13.4. The van der Waals surface area contributed by atoms with Gasteiger partial charge < -0.3 is 20.0 Å². The highest BCUT2D eigenvalue weighted by atomic mass is 79.9. The minimum Gasteiger partial charge on any atom is -0.545 e. The molecule has 1 saturated heterocycles. The van der Waals surface area contributed by atoms with Gasteiger partial charge in [-0.05, 0) is 37.5 Å². The molecule has 0 spiro atoms. The molecule has 1 aromatic rings. The third-order valence-corrected chi connectivity index (χ3v) is 3.63. The van der Waals surface area contributed by atoms with E-state index in [0.717, 1.165) is 36.2 Å². The van der Waals surface area contributed by atoms with E-state index in [9.17, 15) is 9.90 Å². The van der Waals surface area contributed by atoms with Gasteiger partial charge in [-0.15, -0.1) is 0 Å². The van der Waals surface area contributed by atoms with E-state index in [-0.39, 0.29) is 5.56 Å². The lowest BCUT2D eigenvalue weighted by molar-refractivity contribution is -0.255. The number of carbonyl (C=O) groups excluding carboxylic acids is 1. The summed E-state index contributed by atoms with van der Waals surface area (Å²) >= 11 is 3.32. The number of carboxylic acid groups (broad SMARTS) is 1. The Morgan fingerprint density at radius 1 is 1.44 bits per heavy atom. The number of ether oxygens (including phenoxy) is 1. The molecule has 1 heterocycles. The molecule has 18 heavy (non-hydrogen) atoms. The second-order valence-electron chi connectivity index (χ2n) is 4.44. The van der Waals surface area contributed by atoms with Crippen molar-refractivity contribution in [2.75, 3.05) is 18.5 Å². The Labute approximate surface area is 114 Å². The Bertz CT molecular complexity index is 456. The number of benzene rings is 1. The van der Waals surface area contributed by atoms with E-state index < -0.39 is 5.97 Å². The Morgan fingerprint density at radius 3 is 2.72 bits per heavy atom. The molecule has 0 atom stereocenters. The summed E-state index contributed by atoms with van der Waals surface area (Å²) in [5, 5.41) is 14.4. The van der Waals surface area contributed by atoms with E-state index >= 15 is 0 Å². The van der Waals surface area contributed by atoms with Crippen LogP contribution in [0.3, 0.4) is 0 Å². The first-order valence-electron chi connectivity index (χ1n) is 5.93. The molecule has 4 nitrogen and oxygen atoms in total. The van der Waals surface area contributed by atoms with Gasteiger partial charge in [0.15, 0.2) is 0 Å². The van der Waals surface area contributed by atoms with Gasteiger partial charge in [0.1, 0.15) is 0 Å². The molecule has 2 rings (SSSR count). The van der Waals surface area contributed by atoms with E-state index in [4.69, 9.17) is 4.74 Å². The normalized spacial score (nSPS) is 16.6. The number of hydrogen-bond donors (Lipinski definition) is 1. The highest BCUT2D eigenvalue weighted by Crippen LogP contribution is 2.26. The molecule has 1 aliphatic heterocycles. The van der Waals surface area contributed by atoms with E-state index in [1.54, 1.807) is 13.0 Å². The predicted octanol–water partition coefficient (Wildman–Crippen LogP) is 1.71. The lowest BCUT2D eigenvalue weighted by Gasteiger charge is -2.26. The van der Waals surface area contributed by atoms with E-state index in [2.05, 4.69) is 21.2 Å². The van der Waals surface area contributed by atoms with Gasteiger partial charge in [0.05, 0.1) is 5.97 Å². The molecule has 0 unspecified atom stereocenters. The van der Waals surface area contributed by atoms with Crippen LogP contribution in [0.15, 0.2) is 16.6 Å². The van der Waals surface area contributed by atoms with Crippen LogP contribution in [0.4, 0.5) is 5.69 Å². The fourth-order valence-corrected chi connectivity index (χ4v) is 2.56. The number of rotatable bonds is 3. The van der Waals surface area contributed by atoms with Crippen molar-refractivity contribution in [3.05, 3.63) is 27.7 Å². The Balaban J connectivity index is 2.23. The minimum absolute atomic E-state index is 0.221. The van der Waals surface area contributed by atoms with E-state index in [0.29, 0.717) is 11.6 Å². The van der Waals surface area contributed by atoms with Crippen molar-refractivity contribution in [1.82, 2.24) is 0 Å². The van der Waals surface area contributed by atoms with Crippen LogP contribution in [-0.4, -0.2) is 25.2 Å². The van der Waals surface area contributed by atoms with Crippen molar-refractivity contribution in [2.24, 2.45) is 0 Å². The summed E-state index contributed by atoms with van der Waals surface area (Å²) in [4.78, 5) is 11.0. The standard InChI is InChI=1S/C13H16BrNO3/c1-8-11(13(16)17)6-9(14)7-12(8)15-10-2-4-18-5-3-10/h6-7,10,15H,2-5H2,1H3,(H,16,17)/p-1. The van der Waals surface area contributed by atoms with Gasteiger partial charge >= 0.3 is 0 Å². The van der Waals surface area contributed by atoms with Crippen LogP contribution in [-0.2, 0) is 4.74 Å². The number of anilines is 1. The zero-order valence-corrected chi connectivity index (χ0v) is 11.7. The van der Waals surface area contributed by atoms with Crippen LogP contribution in [0.2, 0.25) is 0 Å². The highest BCUT2D eigenvalue weighted by molar-refractivity contribution is 9.10. The summed E-state index contributed by atoms with van der Waals surface area (Å²) in [5.41, 5.74) is 1.78. The van der Waals surface area contributed by atoms with Gasteiger partial charge in [-0.25, -0.2) is 0 Å². The number of nitrogens with one attached hydrogen (secondary N) is 1. The molecule has 1 fully saturated rings. The maximum absolute atomic E-state index is 11.0. The Kier molecular flexibility index (Phi) is 4.24. The number of carbonyl (C=O) groups is 1. The summed E-state index contributed by atoms with van der Waals surface area (Å²) in [5.74, 6) is -1.15. The molecule has 98 valence electrons. The van der Waals surface area contributed by atoms with Crippen LogP contribution in [0.1, 0.15) is 28.8 Å². The predicted molar refractivity (Wildman–Crippen MR) is 70.7 cm³/mol. The van der Waals surface area contributed by atoms with Gasteiger partial charge in [-0.3, -0.25) is 0 Å². The maximum Gasteiger partial charge on any atom is 0.0719 e. The van der Waals surface area contributed by atoms with E-state index in [1.807, 2.05) is 6.07 Å². The third-order valence-electron chi connectivity index (χ3n) is 3.17. The first-order chi connectivity index (χ1) is 8.58. The van der Waals surface area contributed by atoms with Crippen LogP contribution in [0.25, 0.3) is 0 Å². The molecule has 0 bridgehead atoms. The molecular weight excluding hydrogens is 298 g/mol. The summed E-state index contributed by atoms with van der Waals surface area (Å²) in [7, 11) is 0. The molecule has 0 amide bonds. The van der Waals surface area contributed by atoms with Crippen molar-refractivity contribution in [1.29, 1.82) is 0 Å². The van der Waals surface area contributed by atoms with Crippen LogP contribution < -0.4 is 10.4 Å². The molecular formula is C13H15BrNO3-. The van der Waals surface area contributed by atoms with Gasteiger partial charge in [-0.2, -0.15) is 0 Å². The average Bonchev–Trinajstić information content (AvgIpc) is 2.34. The summed E-state index contributed by atoms with van der Waals surface area (Å²) in [6.07, 6.45) is 1.87. The molecule has 0 radical (unpaired) electrons. The SMILES string of the molecule is Cc1c(NC2CCOCC2)cc(Br)cc1C(=O)[O-]. The maximum atomic E-state index is 11.0. The summed E-state index contributed by atoms with van der Waals surface area (Å²) < 4.78 is 6.04. The number of aromatic carboxylic acids is 1. The van der Waals surface area contributed by atoms with Crippen molar-refractivity contribution in [3.63, 3.8) is 0 Å². The molecule has 0 aromatic heterocycles. The van der Waals surface area contributed by atoms with Crippen molar-refractivity contribution in [3.8, 4) is 0 Å². The molecule has 1 N–H and O–H groups in total. The second kappa shape index (κ2) is 5.71. The lowest BCUT2D eigenvalue weighted by Crippen LogP contribution is -2.29. The molecule has 1 aromatic carbocycles. The van der Waals surface area contributed by atoms with Crippen LogP contribution >= 0.6 is 15.9 Å². The van der Waals surface area contributed by atoms with Crippen LogP contribution in [0, 0.1) is 6.92 Å². The molecule has 1 aliphatic rings. The topological polar surface area (TPSA) is 61.4 Å². The van der Waals surface area contributed by atoms with Gasteiger partial charge in [-0.1, -0.05) is 15.9 Å². The summed E-state index contributed by atoms with van der Waals surface area (Å²) in [6.45, 7) is 3.29. The lowest BCUT2D eigenvalue weighted by atomic mass is 10.0. The summed E-state index contributed by atoms with van der Waals surface area (Å²) in [6, 6.07) is 3.80. The highest BCUT2D eigenvalue weighted by Gasteiger charge is 2.15. The quantitative estimate of drug-likeness (QED) is 0.923. The fraction of sp³-hybridized carbons (Fsp3) is 0.462. The zero-order chi connectivity index (χ0) is 13.1. The Morgan fingerprint density at radius 2 is 2.11 bits per heavy atom.